The third-order valence-electron chi connectivity index (χ3n) is 1.84. The van der Waals surface area contributed by atoms with Crippen LogP contribution < -0.4 is 10.2 Å². The van der Waals surface area contributed by atoms with Crippen LogP contribution in [0.25, 0.3) is 0 Å². The Bertz CT molecular complexity index is 349. The van der Waals surface area contributed by atoms with Crippen molar-refractivity contribution in [3.63, 3.8) is 0 Å². The minimum atomic E-state index is -0.0510. The topological polar surface area (TPSA) is 58.1 Å². The Balaban J connectivity index is 2.81. The van der Waals surface area contributed by atoms with Gasteiger partial charge in [-0.05, 0) is 22.9 Å². The number of hydrogen-bond donors (Lipinski definition) is 1. The van der Waals surface area contributed by atoms with Crippen molar-refractivity contribution in [2.45, 2.75) is 6.92 Å². The molecule has 0 aliphatic rings. The molecule has 0 aliphatic carbocycles. The molecule has 0 atom stereocenters. The molecule has 5 nitrogen and oxygen atoms in total. The molecule has 0 aliphatic heterocycles. The summed E-state index contributed by atoms with van der Waals surface area (Å²) < 4.78 is 0.716. The Morgan fingerprint density at radius 1 is 1.60 bits per heavy atom. The standard InChI is InChI=1S/C9H13BrN4O/c1-6-12-7(10)4-8(13-6)14(3)5-9(15)11-2/h4H,5H2,1-3H3,(H,11,15). The van der Waals surface area contributed by atoms with Gasteiger partial charge in [0.15, 0.2) is 0 Å². The van der Waals surface area contributed by atoms with Crippen LogP contribution in [0, 0.1) is 6.92 Å². The minimum Gasteiger partial charge on any atom is -0.358 e. The van der Waals surface area contributed by atoms with Crippen molar-refractivity contribution in [1.82, 2.24) is 15.3 Å². The molecule has 1 N–H and O–H groups in total. The van der Waals surface area contributed by atoms with Crippen LogP contribution in [0.5, 0.6) is 0 Å². The lowest BCUT2D eigenvalue weighted by Gasteiger charge is -2.17. The lowest BCUT2D eigenvalue weighted by molar-refractivity contribution is -0.119. The first-order chi connectivity index (χ1) is 7.02. The van der Waals surface area contributed by atoms with Crippen LogP contribution in [0.4, 0.5) is 5.82 Å². The normalized spacial score (nSPS) is 9.87. The second-order valence-electron chi connectivity index (χ2n) is 3.13. The number of halogens is 1. The summed E-state index contributed by atoms with van der Waals surface area (Å²) in [6, 6.07) is 1.77. The lowest BCUT2D eigenvalue weighted by atomic mass is 10.4. The number of carbonyl (C=O) groups is 1. The largest absolute Gasteiger partial charge is 0.358 e. The van der Waals surface area contributed by atoms with Crippen molar-refractivity contribution in [3.8, 4) is 0 Å². The highest BCUT2D eigenvalue weighted by atomic mass is 79.9. The van der Waals surface area contributed by atoms with Gasteiger partial charge in [-0.25, -0.2) is 9.97 Å². The van der Waals surface area contributed by atoms with Gasteiger partial charge in [0, 0.05) is 20.2 Å². The van der Waals surface area contributed by atoms with Crippen molar-refractivity contribution in [3.05, 3.63) is 16.5 Å². The van der Waals surface area contributed by atoms with Gasteiger partial charge in [-0.2, -0.15) is 0 Å². The van der Waals surface area contributed by atoms with E-state index in [1.807, 2.05) is 14.0 Å². The fourth-order valence-corrected chi connectivity index (χ4v) is 1.55. The zero-order valence-electron chi connectivity index (χ0n) is 8.91. The first-order valence-electron chi connectivity index (χ1n) is 4.46. The number of hydrogen-bond acceptors (Lipinski definition) is 4. The first-order valence-corrected chi connectivity index (χ1v) is 5.25. The van der Waals surface area contributed by atoms with Crippen LogP contribution in [0.1, 0.15) is 5.82 Å². The van der Waals surface area contributed by atoms with Crippen molar-refractivity contribution >= 4 is 27.7 Å². The molecule has 1 rings (SSSR count). The van der Waals surface area contributed by atoms with E-state index in [1.165, 1.54) is 0 Å². The van der Waals surface area contributed by atoms with Gasteiger partial charge in [0.25, 0.3) is 0 Å². The Morgan fingerprint density at radius 2 is 2.27 bits per heavy atom. The van der Waals surface area contributed by atoms with E-state index >= 15 is 0 Å². The molecule has 0 unspecified atom stereocenters. The third-order valence-corrected chi connectivity index (χ3v) is 2.25. The number of rotatable bonds is 3. The average molecular weight is 273 g/mol. The molecule has 82 valence electrons. The van der Waals surface area contributed by atoms with Crippen LogP contribution in [0.3, 0.4) is 0 Å². The molecule has 1 heterocycles. The lowest BCUT2D eigenvalue weighted by Crippen LogP contribution is -2.33. The molecule has 0 fully saturated rings. The van der Waals surface area contributed by atoms with Gasteiger partial charge in [-0.15, -0.1) is 0 Å². The maximum Gasteiger partial charge on any atom is 0.239 e. The second-order valence-corrected chi connectivity index (χ2v) is 3.94. The summed E-state index contributed by atoms with van der Waals surface area (Å²) in [5, 5.41) is 2.56. The monoisotopic (exact) mass is 272 g/mol. The van der Waals surface area contributed by atoms with Crippen molar-refractivity contribution in [2.75, 3.05) is 25.5 Å². The zero-order chi connectivity index (χ0) is 11.4. The zero-order valence-corrected chi connectivity index (χ0v) is 10.5. The molecular weight excluding hydrogens is 260 g/mol. The summed E-state index contributed by atoms with van der Waals surface area (Å²) in [5.41, 5.74) is 0. The first kappa shape index (κ1) is 11.9. The summed E-state index contributed by atoms with van der Waals surface area (Å²) in [7, 11) is 3.42. The van der Waals surface area contributed by atoms with E-state index in [2.05, 4.69) is 31.2 Å². The highest BCUT2D eigenvalue weighted by Crippen LogP contribution is 2.14. The Labute approximate surface area is 97.0 Å². The van der Waals surface area contributed by atoms with Crippen molar-refractivity contribution in [2.24, 2.45) is 0 Å². The number of amides is 1. The molecule has 0 bridgehead atoms. The van der Waals surface area contributed by atoms with E-state index in [9.17, 15) is 4.79 Å². The Morgan fingerprint density at radius 3 is 2.80 bits per heavy atom. The minimum absolute atomic E-state index is 0.0510. The molecule has 0 aromatic carbocycles. The fraction of sp³-hybridized carbons (Fsp3) is 0.444. The Hall–Kier alpha value is -1.17. The highest BCUT2D eigenvalue weighted by molar-refractivity contribution is 9.10. The third kappa shape index (κ3) is 3.47. The summed E-state index contributed by atoms with van der Waals surface area (Å²) in [4.78, 5) is 21.2. The van der Waals surface area contributed by atoms with Gasteiger partial charge < -0.3 is 10.2 Å². The molecule has 1 aromatic heterocycles. The number of aromatic nitrogens is 2. The molecule has 0 spiro atoms. The highest BCUT2D eigenvalue weighted by Gasteiger charge is 2.08. The van der Waals surface area contributed by atoms with E-state index in [4.69, 9.17) is 0 Å². The number of anilines is 1. The van der Waals surface area contributed by atoms with Gasteiger partial charge in [0.05, 0.1) is 6.54 Å². The van der Waals surface area contributed by atoms with Gasteiger partial charge >= 0.3 is 0 Å². The molecule has 6 heteroatoms. The number of nitrogens with zero attached hydrogens (tertiary/aromatic N) is 3. The maximum absolute atomic E-state index is 11.2. The summed E-state index contributed by atoms with van der Waals surface area (Å²) >= 11 is 3.29. The molecular formula is C9H13BrN4O. The Kier molecular flexibility index (Phi) is 4.02. The fourth-order valence-electron chi connectivity index (χ4n) is 1.09. The summed E-state index contributed by atoms with van der Waals surface area (Å²) in [6.45, 7) is 2.08. The predicted octanol–water partition coefficient (Wildman–Crippen LogP) is 0.730. The number of likely N-dealkylation sites (N-methyl/N-ethyl adjacent to an activating group) is 2. The van der Waals surface area contributed by atoms with Crippen LogP contribution in [0.15, 0.2) is 10.7 Å². The van der Waals surface area contributed by atoms with Crippen molar-refractivity contribution < 1.29 is 4.79 Å². The van der Waals surface area contributed by atoms with Gasteiger partial charge in [-0.1, -0.05) is 0 Å². The number of aryl methyl sites for hydroxylation is 1. The van der Waals surface area contributed by atoms with E-state index in [0.717, 1.165) is 5.82 Å². The van der Waals surface area contributed by atoms with Crippen LogP contribution in [-0.4, -0.2) is 36.5 Å². The summed E-state index contributed by atoms with van der Waals surface area (Å²) in [6.07, 6.45) is 0. The second kappa shape index (κ2) is 5.06. The van der Waals surface area contributed by atoms with Gasteiger partial charge in [0.2, 0.25) is 5.91 Å². The number of nitrogens with one attached hydrogen (secondary N) is 1. The summed E-state index contributed by atoms with van der Waals surface area (Å²) in [5.74, 6) is 1.34. The van der Waals surface area contributed by atoms with E-state index in [-0.39, 0.29) is 12.5 Å². The molecule has 15 heavy (non-hydrogen) atoms. The van der Waals surface area contributed by atoms with E-state index < -0.39 is 0 Å². The van der Waals surface area contributed by atoms with Crippen molar-refractivity contribution in [1.29, 1.82) is 0 Å². The SMILES string of the molecule is CNC(=O)CN(C)c1cc(Br)nc(C)n1. The number of carbonyl (C=O) groups excluding carboxylic acids is 1. The van der Waals surface area contributed by atoms with E-state index in [0.29, 0.717) is 10.4 Å². The molecule has 1 amide bonds. The average Bonchev–Trinajstić information content (AvgIpc) is 2.16. The molecule has 0 saturated heterocycles. The predicted molar refractivity (Wildman–Crippen MR) is 61.8 cm³/mol. The van der Waals surface area contributed by atoms with Gasteiger partial charge in [0.1, 0.15) is 16.2 Å². The molecule has 1 aromatic rings. The molecule has 0 saturated carbocycles. The van der Waals surface area contributed by atoms with E-state index in [1.54, 1.807) is 18.0 Å². The quantitative estimate of drug-likeness (QED) is 0.825. The van der Waals surface area contributed by atoms with Crippen LogP contribution >= 0.6 is 15.9 Å². The maximum atomic E-state index is 11.2. The van der Waals surface area contributed by atoms with Gasteiger partial charge in [-0.3, -0.25) is 4.79 Å². The van der Waals surface area contributed by atoms with Crippen LogP contribution in [-0.2, 0) is 4.79 Å². The smallest absolute Gasteiger partial charge is 0.239 e. The molecule has 0 radical (unpaired) electrons. The van der Waals surface area contributed by atoms with Crippen LogP contribution in [0.2, 0.25) is 0 Å².